The van der Waals surface area contributed by atoms with Gasteiger partial charge < -0.3 is 9.47 Å². The third-order valence-electron chi connectivity index (χ3n) is 5.30. The molecule has 0 rings (SSSR count). The molecule has 1 unspecified atom stereocenters. The van der Waals surface area contributed by atoms with Gasteiger partial charge in [-0.25, -0.2) is 0 Å². The minimum Gasteiger partial charge on any atom is -0.466 e. The van der Waals surface area contributed by atoms with Crippen molar-refractivity contribution in [3.63, 3.8) is 0 Å². The lowest BCUT2D eigenvalue weighted by Crippen LogP contribution is -2.28. The zero-order valence-electron chi connectivity index (χ0n) is 19.3. The van der Waals surface area contributed by atoms with Crippen molar-refractivity contribution in [2.45, 2.75) is 131 Å². The number of esters is 2. The van der Waals surface area contributed by atoms with Gasteiger partial charge in [-0.3, -0.25) is 9.59 Å². The van der Waals surface area contributed by atoms with E-state index < -0.39 is 0 Å². The molecule has 28 heavy (non-hydrogen) atoms. The Morgan fingerprint density at radius 3 is 1.71 bits per heavy atom. The molecule has 0 aliphatic carbocycles. The highest BCUT2D eigenvalue weighted by atomic mass is 16.5. The zero-order chi connectivity index (χ0) is 21.3. The molecule has 0 radical (unpaired) electrons. The number of carbonyl (C=O) groups is 2. The molecule has 0 aromatic carbocycles. The summed E-state index contributed by atoms with van der Waals surface area (Å²) < 4.78 is 10.7. The van der Waals surface area contributed by atoms with E-state index in [-0.39, 0.29) is 23.5 Å². The Labute approximate surface area is 174 Å². The van der Waals surface area contributed by atoms with Crippen molar-refractivity contribution < 1.29 is 19.1 Å². The largest absolute Gasteiger partial charge is 0.466 e. The fraction of sp³-hybridized carbons (Fsp3) is 0.917. The Morgan fingerprint density at radius 1 is 0.714 bits per heavy atom. The summed E-state index contributed by atoms with van der Waals surface area (Å²) in [6.07, 6.45) is 14.3. The van der Waals surface area contributed by atoms with Crippen LogP contribution in [0, 0.1) is 5.41 Å². The van der Waals surface area contributed by atoms with E-state index in [1.165, 1.54) is 25.7 Å². The van der Waals surface area contributed by atoms with Crippen LogP contribution in [0.4, 0.5) is 0 Å². The van der Waals surface area contributed by atoms with Crippen LogP contribution in [0.1, 0.15) is 125 Å². The van der Waals surface area contributed by atoms with Crippen molar-refractivity contribution >= 4 is 11.9 Å². The molecule has 0 aliphatic heterocycles. The van der Waals surface area contributed by atoms with Gasteiger partial charge in [0, 0.05) is 12.8 Å². The summed E-state index contributed by atoms with van der Waals surface area (Å²) in [7, 11) is 0. The van der Waals surface area contributed by atoms with Gasteiger partial charge in [0.1, 0.15) is 6.10 Å². The molecule has 0 spiro atoms. The standard InChI is InChI=1S/C24H46O4/c1-6-7-8-9-14-17-20-27-22(25)18-15-12-10-11-13-16-19-23(26)28-21(2)24(3,4)5/h21H,6-20H2,1-5H3. The topological polar surface area (TPSA) is 52.6 Å². The molecule has 0 N–H and O–H groups in total. The second-order valence-corrected chi connectivity index (χ2v) is 9.11. The molecule has 0 aromatic rings. The average molecular weight is 399 g/mol. The highest BCUT2D eigenvalue weighted by molar-refractivity contribution is 5.69. The van der Waals surface area contributed by atoms with Gasteiger partial charge in [0.15, 0.2) is 0 Å². The summed E-state index contributed by atoms with van der Waals surface area (Å²) >= 11 is 0. The molecule has 0 fully saturated rings. The van der Waals surface area contributed by atoms with Gasteiger partial charge in [-0.15, -0.1) is 0 Å². The Morgan fingerprint density at radius 2 is 1.18 bits per heavy atom. The van der Waals surface area contributed by atoms with Crippen LogP contribution < -0.4 is 0 Å². The van der Waals surface area contributed by atoms with Crippen LogP contribution >= 0.6 is 0 Å². The SMILES string of the molecule is CCCCCCCCOC(=O)CCCCCCCCC(=O)OC(C)C(C)(C)C. The van der Waals surface area contributed by atoms with Crippen molar-refractivity contribution in [3.05, 3.63) is 0 Å². The van der Waals surface area contributed by atoms with Crippen LogP contribution in [0.2, 0.25) is 0 Å². The summed E-state index contributed by atoms with van der Waals surface area (Å²) in [4.78, 5) is 23.5. The van der Waals surface area contributed by atoms with E-state index in [1.54, 1.807) is 0 Å². The number of ether oxygens (including phenoxy) is 2. The maximum atomic E-state index is 11.8. The van der Waals surface area contributed by atoms with Gasteiger partial charge in [-0.2, -0.15) is 0 Å². The summed E-state index contributed by atoms with van der Waals surface area (Å²) in [6, 6.07) is 0. The predicted molar refractivity (Wildman–Crippen MR) is 116 cm³/mol. The van der Waals surface area contributed by atoms with E-state index in [9.17, 15) is 9.59 Å². The first-order valence-corrected chi connectivity index (χ1v) is 11.6. The zero-order valence-corrected chi connectivity index (χ0v) is 19.3. The predicted octanol–water partition coefficient (Wildman–Crippen LogP) is 6.99. The van der Waals surface area contributed by atoms with E-state index in [1.807, 2.05) is 6.92 Å². The highest BCUT2D eigenvalue weighted by Gasteiger charge is 2.23. The van der Waals surface area contributed by atoms with E-state index >= 15 is 0 Å². The molecule has 0 saturated heterocycles. The van der Waals surface area contributed by atoms with Crippen LogP contribution in [0.5, 0.6) is 0 Å². The first-order valence-electron chi connectivity index (χ1n) is 11.6. The molecule has 166 valence electrons. The molecule has 0 bridgehead atoms. The Balaban J connectivity index is 3.40. The van der Waals surface area contributed by atoms with Gasteiger partial charge in [-0.1, -0.05) is 85.5 Å². The molecule has 0 heterocycles. The summed E-state index contributed by atoms with van der Waals surface area (Å²) in [5.74, 6) is -0.139. The number of carbonyl (C=O) groups excluding carboxylic acids is 2. The van der Waals surface area contributed by atoms with Crippen LogP contribution in [0.3, 0.4) is 0 Å². The normalized spacial score (nSPS) is 12.6. The average Bonchev–Trinajstić information content (AvgIpc) is 2.62. The molecular weight excluding hydrogens is 352 g/mol. The van der Waals surface area contributed by atoms with Crippen molar-refractivity contribution in [3.8, 4) is 0 Å². The fourth-order valence-corrected chi connectivity index (χ4v) is 2.82. The number of hydrogen-bond acceptors (Lipinski definition) is 4. The molecule has 0 aromatic heterocycles. The van der Waals surface area contributed by atoms with Crippen LogP contribution in [-0.2, 0) is 19.1 Å². The quantitative estimate of drug-likeness (QED) is 0.196. The van der Waals surface area contributed by atoms with Crippen molar-refractivity contribution in [1.29, 1.82) is 0 Å². The molecule has 0 aliphatic rings. The lowest BCUT2D eigenvalue weighted by atomic mass is 9.90. The second-order valence-electron chi connectivity index (χ2n) is 9.11. The summed E-state index contributed by atoms with van der Waals surface area (Å²) in [5, 5.41) is 0. The van der Waals surface area contributed by atoms with E-state index in [0.29, 0.717) is 19.4 Å². The van der Waals surface area contributed by atoms with Gasteiger partial charge in [0.25, 0.3) is 0 Å². The molecular formula is C24H46O4. The maximum Gasteiger partial charge on any atom is 0.306 e. The van der Waals surface area contributed by atoms with Gasteiger partial charge in [0.2, 0.25) is 0 Å². The van der Waals surface area contributed by atoms with Crippen LogP contribution in [0.25, 0.3) is 0 Å². The Hall–Kier alpha value is -1.06. The Bertz CT molecular complexity index is 398. The maximum absolute atomic E-state index is 11.8. The van der Waals surface area contributed by atoms with Crippen molar-refractivity contribution in [2.24, 2.45) is 5.41 Å². The first kappa shape index (κ1) is 26.9. The highest BCUT2D eigenvalue weighted by Crippen LogP contribution is 2.22. The minimum atomic E-state index is -0.0875. The smallest absolute Gasteiger partial charge is 0.306 e. The summed E-state index contributed by atoms with van der Waals surface area (Å²) in [6.45, 7) is 11.0. The molecule has 1 atom stereocenters. The molecule has 4 nitrogen and oxygen atoms in total. The van der Waals surface area contributed by atoms with Gasteiger partial charge in [0.05, 0.1) is 6.61 Å². The molecule has 0 saturated carbocycles. The third kappa shape index (κ3) is 17.1. The number of unbranched alkanes of at least 4 members (excludes halogenated alkanes) is 10. The number of hydrogen-bond donors (Lipinski definition) is 0. The van der Waals surface area contributed by atoms with E-state index in [4.69, 9.17) is 9.47 Å². The van der Waals surface area contributed by atoms with Gasteiger partial charge >= 0.3 is 11.9 Å². The Kier molecular flexibility index (Phi) is 16.2. The van der Waals surface area contributed by atoms with Crippen molar-refractivity contribution in [2.75, 3.05) is 6.61 Å². The van der Waals surface area contributed by atoms with E-state index in [0.717, 1.165) is 51.4 Å². The second kappa shape index (κ2) is 16.9. The molecule has 4 heteroatoms. The molecule has 0 amide bonds. The minimum absolute atomic E-state index is 0.00849. The van der Waals surface area contributed by atoms with Crippen LogP contribution in [0.15, 0.2) is 0 Å². The summed E-state index contributed by atoms with van der Waals surface area (Å²) in [5.41, 5.74) is -0.00849. The monoisotopic (exact) mass is 398 g/mol. The van der Waals surface area contributed by atoms with E-state index in [2.05, 4.69) is 27.7 Å². The van der Waals surface area contributed by atoms with Crippen molar-refractivity contribution in [1.82, 2.24) is 0 Å². The van der Waals surface area contributed by atoms with Gasteiger partial charge in [-0.05, 0) is 31.6 Å². The fourth-order valence-electron chi connectivity index (χ4n) is 2.82. The third-order valence-corrected chi connectivity index (χ3v) is 5.30. The lowest BCUT2D eigenvalue weighted by Gasteiger charge is -2.26. The first-order chi connectivity index (χ1) is 13.3. The lowest BCUT2D eigenvalue weighted by molar-refractivity contribution is -0.153. The van der Waals surface area contributed by atoms with Crippen LogP contribution in [-0.4, -0.2) is 24.6 Å². The number of rotatable bonds is 17.